The quantitative estimate of drug-likeness (QED) is 0.643. The Morgan fingerprint density at radius 3 is 2.36 bits per heavy atom. The van der Waals surface area contributed by atoms with Crippen LogP contribution in [0.25, 0.3) is 11.4 Å². The maximum atomic E-state index is 12.6. The number of rotatable bonds is 7. The number of nitrogens with zero attached hydrogens (tertiary/aromatic N) is 2. The number of amides is 1. The topological polar surface area (TPSA) is 77.3 Å². The van der Waals surface area contributed by atoms with E-state index in [1.165, 1.54) is 0 Å². The van der Waals surface area contributed by atoms with Crippen LogP contribution < -0.4 is 10.1 Å². The molecule has 0 aliphatic heterocycles. The van der Waals surface area contributed by atoms with Crippen LogP contribution in [0, 0.1) is 0 Å². The molecule has 0 saturated carbocycles. The number of halogens is 2. The molecule has 0 fully saturated rings. The zero-order valence-electron chi connectivity index (χ0n) is 15.4. The highest BCUT2D eigenvalue weighted by Gasteiger charge is 2.18. The summed E-state index contributed by atoms with van der Waals surface area (Å²) in [5.74, 6) is -0.179. The second-order valence-corrected chi connectivity index (χ2v) is 6.04. The third-order valence-electron chi connectivity index (χ3n) is 4.27. The minimum Gasteiger partial charge on any atom is -0.497 e. The molecule has 146 valence electrons. The van der Waals surface area contributed by atoms with Crippen molar-refractivity contribution in [1.29, 1.82) is 0 Å². The summed E-state index contributed by atoms with van der Waals surface area (Å²) in [4.78, 5) is 16.2. The first-order valence-electron chi connectivity index (χ1n) is 8.68. The number of hydrogen-bond donors (Lipinski definition) is 1. The highest BCUT2D eigenvalue weighted by molar-refractivity contribution is 5.94. The van der Waals surface area contributed by atoms with Gasteiger partial charge in [0, 0.05) is 11.1 Å². The van der Waals surface area contributed by atoms with E-state index in [1.807, 2.05) is 31.2 Å². The minimum absolute atomic E-state index is 0.0481. The van der Waals surface area contributed by atoms with E-state index in [0.717, 1.165) is 17.7 Å². The maximum absolute atomic E-state index is 12.6. The summed E-state index contributed by atoms with van der Waals surface area (Å²) >= 11 is 0. The highest BCUT2D eigenvalue weighted by Crippen LogP contribution is 2.23. The number of benzene rings is 2. The molecule has 1 aromatic heterocycles. The summed E-state index contributed by atoms with van der Waals surface area (Å²) in [6.45, 7) is 1.98. The first kappa shape index (κ1) is 19.5. The van der Waals surface area contributed by atoms with E-state index >= 15 is 0 Å². The number of ether oxygens (including phenoxy) is 1. The summed E-state index contributed by atoms with van der Waals surface area (Å²) in [5.41, 5.74) is 1.89. The molecule has 3 rings (SSSR count). The van der Waals surface area contributed by atoms with Gasteiger partial charge in [0.2, 0.25) is 5.82 Å². The summed E-state index contributed by atoms with van der Waals surface area (Å²) in [6, 6.07) is 13.7. The third-order valence-corrected chi connectivity index (χ3v) is 4.27. The van der Waals surface area contributed by atoms with Gasteiger partial charge in [0.05, 0.1) is 13.2 Å². The number of hydrogen-bond acceptors (Lipinski definition) is 5. The fourth-order valence-electron chi connectivity index (χ4n) is 2.71. The van der Waals surface area contributed by atoms with Crippen molar-refractivity contribution in [2.75, 3.05) is 7.11 Å². The SMILES string of the molecule is CCC(NC(=O)c1ccc(-c2noc(C(F)F)n2)cc1)c1ccc(OC)cc1. The van der Waals surface area contributed by atoms with Crippen molar-refractivity contribution in [3.05, 3.63) is 65.5 Å². The van der Waals surface area contributed by atoms with Gasteiger partial charge in [-0.1, -0.05) is 36.3 Å². The van der Waals surface area contributed by atoms with Crippen molar-refractivity contribution >= 4 is 5.91 Å². The molecule has 28 heavy (non-hydrogen) atoms. The van der Waals surface area contributed by atoms with E-state index in [4.69, 9.17) is 4.74 Å². The Bertz CT molecular complexity index is 925. The Morgan fingerprint density at radius 2 is 1.82 bits per heavy atom. The molecule has 0 bridgehead atoms. The third kappa shape index (κ3) is 4.33. The van der Waals surface area contributed by atoms with Crippen molar-refractivity contribution in [2.45, 2.75) is 25.8 Å². The molecule has 1 heterocycles. The predicted molar refractivity (Wildman–Crippen MR) is 98.2 cm³/mol. The largest absolute Gasteiger partial charge is 0.497 e. The molecule has 0 saturated heterocycles. The van der Waals surface area contributed by atoms with Gasteiger partial charge in [0.25, 0.3) is 11.8 Å². The van der Waals surface area contributed by atoms with Crippen LogP contribution in [0.5, 0.6) is 5.75 Å². The van der Waals surface area contributed by atoms with Gasteiger partial charge in [-0.15, -0.1) is 0 Å². The van der Waals surface area contributed by atoms with Gasteiger partial charge in [-0.05, 0) is 36.2 Å². The van der Waals surface area contributed by atoms with E-state index in [0.29, 0.717) is 11.1 Å². The summed E-state index contributed by atoms with van der Waals surface area (Å²) < 4.78 is 34.7. The van der Waals surface area contributed by atoms with Crippen molar-refractivity contribution in [3.63, 3.8) is 0 Å². The van der Waals surface area contributed by atoms with Gasteiger partial charge in [0.1, 0.15) is 5.75 Å². The average Bonchev–Trinajstić information content (AvgIpc) is 3.23. The summed E-state index contributed by atoms with van der Waals surface area (Å²) in [5, 5.41) is 6.51. The lowest BCUT2D eigenvalue weighted by Crippen LogP contribution is -2.28. The zero-order valence-corrected chi connectivity index (χ0v) is 15.4. The summed E-state index contributed by atoms with van der Waals surface area (Å²) in [6.07, 6.45) is -2.11. The van der Waals surface area contributed by atoms with Gasteiger partial charge in [0.15, 0.2) is 0 Å². The second-order valence-electron chi connectivity index (χ2n) is 6.04. The van der Waals surface area contributed by atoms with Crippen molar-refractivity contribution < 1.29 is 22.8 Å². The van der Waals surface area contributed by atoms with E-state index < -0.39 is 12.3 Å². The predicted octanol–water partition coefficient (Wildman–Crippen LogP) is 4.56. The molecule has 1 N–H and O–H groups in total. The molecule has 0 spiro atoms. The lowest BCUT2D eigenvalue weighted by molar-refractivity contribution is 0.0935. The van der Waals surface area contributed by atoms with Crippen LogP contribution in [0.4, 0.5) is 8.78 Å². The maximum Gasteiger partial charge on any atom is 0.315 e. The molecule has 3 aromatic rings. The Labute approximate surface area is 160 Å². The van der Waals surface area contributed by atoms with E-state index in [1.54, 1.807) is 31.4 Å². The first-order valence-corrected chi connectivity index (χ1v) is 8.68. The number of alkyl halides is 2. The molecular weight excluding hydrogens is 368 g/mol. The minimum atomic E-state index is -2.82. The van der Waals surface area contributed by atoms with Gasteiger partial charge in [-0.3, -0.25) is 4.79 Å². The standard InChI is InChI=1S/C20H19F2N3O3/c1-3-16(12-8-10-15(27-2)11-9-12)23-19(26)14-6-4-13(5-7-14)18-24-20(17(21)22)28-25-18/h4-11,16-17H,3H2,1-2H3,(H,23,26). The van der Waals surface area contributed by atoms with E-state index in [2.05, 4.69) is 20.0 Å². The number of carbonyl (C=O) groups is 1. The van der Waals surface area contributed by atoms with E-state index in [-0.39, 0.29) is 17.8 Å². The fourth-order valence-corrected chi connectivity index (χ4v) is 2.71. The second kappa shape index (κ2) is 8.60. The van der Waals surface area contributed by atoms with Crippen LogP contribution >= 0.6 is 0 Å². The Balaban J connectivity index is 1.70. The van der Waals surface area contributed by atoms with Crippen LogP contribution in [-0.4, -0.2) is 23.2 Å². The lowest BCUT2D eigenvalue weighted by atomic mass is 10.0. The Hall–Kier alpha value is -3.29. The monoisotopic (exact) mass is 387 g/mol. The molecular formula is C20H19F2N3O3. The van der Waals surface area contributed by atoms with Crippen LogP contribution in [0.1, 0.15) is 47.6 Å². The van der Waals surface area contributed by atoms with Crippen molar-refractivity contribution in [1.82, 2.24) is 15.5 Å². The molecule has 8 heteroatoms. The Morgan fingerprint density at radius 1 is 1.14 bits per heavy atom. The first-order chi connectivity index (χ1) is 13.5. The smallest absolute Gasteiger partial charge is 0.315 e. The summed E-state index contributed by atoms with van der Waals surface area (Å²) in [7, 11) is 1.60. The number of carbonyl (C=O) groups excluding carboxylic acids is 1. The fraction of sp³-hybridized carbons (Fsp3) is 0.250. The van der Waals surface area contributed by atoms with Gasteiger partial charge in [-0.2, -0.15) is 13.8 Å². The molecule has 2 aromatic carbocycles. The Kier molecular flexibility index (Phi) is 5.98. The molecule has 0 aliphatic carbocycles. The van der Waals surface area contributed by atoms with Crippen molar-refractivity contribution in [3.8, 4) is 17.1 Å². The zero-order chi connectivity index (χ0) is 20.1. The van der Waals surface area contributed by atoms with Crippen LogP contribution in [-0.2, 0) is 0 Å². The average molecular weight is 387 g/mol. The molecule has 0 radical (unpaired) electrons. The van der Waals surface area contributed by atoms with Gasteiger partial charge >= 0.3 is 6.43 Å². The number of methoxy groups -OCH3 is 1. The number of aromatic nitrogens is 2. The van der Waals surface area contributed by atoms with Crippen LogP contribution in [0.15, 0.2) is 53.1 Å². The van der Waals surface area contributed by atoms with Crippen LogP contribution in [0.3, 0.4) is 0 Å². The lowest BCUT2D eigenvalue weighted by Gasteiger charge is -2.18. The van der Waals surface area contributed by atoms with Gasteiger partial charge < -0.3 is 14.6 Å². The highest BCUT2D eigenvalue weighted by atomic mass is 19.3. The number of nitrogens with one attached hydrogen (secondary N) is 1. The molecule has 0 aliphatic rings. The molecule has 1 atom stereocenters. The van der Waals surface area contributed by atoms with Crippen LogP contribution in [0.2, 0.25) is 0 Å². The normalized spacial score (nSPS) is 12.0. The molecule has 1 unspecified atom stereocenters. The molecule has 6 nitrogen and oxygen atoms in total. The van der Waals surface area contributed by atoms with E-state index in [9.17, 15) is 13.6 Å². The van der Waals surface area contributed by atoms with Crippen molar-refractivity contribution in [2.24, 2.45) is 0 Å². The van der Waals surface area contributed by atoms with Gasteiger partial charge in [-0.25, -0.2) is 0 Å². The molecule has 1 amide bonds.